The minimum Gasteiger partial charge on any atom is -0.452 e. The maximum absolute atomic E-state index is 12.7. The Kier molecular flexibility index (Phi) is 6.23. The van der Waals surface area contributed by atoms with Gasteiger partial charge in [0, 0.05) is 28.4 Å². The molecular weight excluding hydrogens is 396 g/mol. The number of nitrogens with one attached hydrogen (secondary N) is 2. The second kappa shape index (κ2) is 8.81. The summed E-state index contributed by atoms with van der Waals surface area (Å²) in [7, 11) is 0. The van der Waals surface area contributed by atoms with Gasteiger partial charge in [0.05, 0.1) is 0 Å². The highest BCUT2D eigenvalue weighted by atomic mass is 32.1. The minimum absolute atomic E-state index is 0.256. The van der Waals surface area contributed by atoms with E-state index in [9.17, 15) is 14.4 Å². The summed E-state index contributed by atoms with van der Waals surface area (Å²) < 4.78 is 5.23. The summed E-state index contributed by atoms with van der Waals surface area (Å²) in [5.41, 5.74) is 2.50. The number of rotatable bonds is 6. The molecule has 0 unspecified atom stereocenters. The van der Waals surface area contributed by atoms with E-state index in [0.717, 1.165) is 10.4 Å². The number of anilines is 2. The van der Waals surface area contributed by atoms with E-state index in [1.54, 1.807) is 11.4 Å². The number of esters is 1. The average molecular weight is 415 g/mol. The van der Waals surface area contributed by atoms with Crippen LogP contribution in [0.2, 0.25) is 0 Å². The summed E-state index contributed by atoms with van der Waals surface area (Å²) >= 11 is 2.72. The zero-order chi connectivity index (χ0) is 20.1. The third-order valence-electron chi connectivity index (χ3n) is 3.82. The molecule has 8 heteroatoms. The Balaban J connectivity index is 1.74. The molecular formula is C20H18N2O4S2. The lowest BCUT2D eigenvalue weighted by atomic mass is 10.1. The Bertz CT molecular complexity index is 1010. The molecule has 0 radical (unpaired) electrons. The molecule has 2 heterocycles. The average Bonchev–Trinajstić information content (AvgIpc) is 3.31. The number of hydrogen-bond acceptors (Lipinski definition) is 6. The topological polar surface area (TPSA) is 84.5 Å². The van der Waals surface area contributed by atoms with E-state index in [1.165, 1.54) is 29.6 Å². The summed E-state index contributed by atoms with van der Waals surface area (Å²) in [6.45, 7) is 2.82. The predicted molar refractivity (Wildman–Crippen MR) is 112 cm³/mol. The third kappa shape index (κ3) is 4.65. The zero-order valence-corrected chi connectivity index (χ0v) is 16.9. The molecule has 144 valence electrons. The van der Waals surface area contributed by atoms with E-state index in [2.05, 4.69) is 10.6 Å². The lowest BCUT2D eigenvalue weighted by molar-refractivity contribution is -0.119. The molecule has 2 N–H and O–H groups in total. The van der Waals surface area contributed by atoms with Crippen LogP contribution in [0.25, 0.3) is 10.4 Å². The number of carbonyl (C=O) groups excluding carboxylic acids is 3. The number of amides is 2. The maximum atomic E-state index is 12.7. The van der Waals surface area contributed by atoms with Crippen LogP contribution in [-0.2, 0) is 14.3 Å². The van der Waals surface area contributed by atoms with E-state index < -0.39 is 18.5 Å². The Labute approximate surface area is 170 Å². The van der Waals surface area contributed by atoms with Gasteiger partial charge in [-0.1, -0.05) is 24.3 Å². The van der Waals surface area contributed by atoms with Crippen molar-refractivity contribution in [1.82, 2.24) is 0 Å². The molecule has 0 saturated carbocycles. The smallest absolute Gasteiger partial charge is 0.342 e. The van der Waals surface area contributed by atoms with Crippen LogP contribution in [-0.4, -0.2) is 24.4 Å². The first-order valence-electron chi connectivity index (χ1n) is 8.41. The Morgan fingerprint density at radius 3 is 2.50 bits per heavy atom. The summed E-state index contributed by atoms with van der Waals surface area (Å²) in [5.74, 6) is -1.38. The van der Waals surface area contributed by atoms with Crippen LogP contribution in [0, 0.1) is 6.92 Å². The molecule has 3 rings (SSSR count). The highest BCUT2D eigenvalue weighted by Gasteiger charge is 2.23. The van der Waals surface area contributed by atoms with Crippen molar-refractivity contribution < 1.29 is 19.1 Å². The van der Waals surface area contributed by atoms with Crippen LogP contribution in [0.3, 0.4) is 0 Å². The minimum atomic E-state index is -0.659. The first kappa shape index (κ1) is 19.8. The van der Waals surface area contributed by atoms with Crippen LogP contribution in [0.1, 0.15) is 22.8 Å². The molecule has 2 amide bonds. The molecule has 0 spiro atoms. The van der Waals surface area contributed by atoms with Crippen molar-refractivity contribution in [3.8, 4) is 10.4 Å². The fourth-order valence-corrected chi connectivity index (χ4v) is 4.35. The molecule has 0 atom stereocenters. The van der Waals surface area contributed by atoms with Crippen molar-refractivity contribution in [3.63, 3.8) is 0 Å². The van der Waals surface area contributed by atoms with Gasteiger partial charge in [0.2, 0.25) is 5.91 Å². The molecule has 28 heavy (non-hydrogen) atoms. The number of para-hydroxylation sites is 1. The van der Waals surface area contributed by atoms with Gasteiger partial charge >= 0.3 is 5.97 Å². The Morgan fingerprint density at radius 2 is 1.82 bits per heavy atom. The molecule has 0 saturated heterocycles. The summed E-state index contributed by atoms with van der Waals surface area (Å²) in [5, 5.41) is 9.47. The van der Waals surface area contributed by atoms with Gasteiger partial charge < -0.3 is 15.4 Å². The van der Waals surface area contributed by atoms with E-state index in [4.69, 9.17) is 4.74 Å². The molecule has 3 aromatic rings. The number of aryl methyl sites for hydroxylation is 1. The van der Waals surface area contributed by atoms with Gasteiger partial charge in [0.25, 0.3) is 5.91 Å². The number of benzene rings is 1. The van der Waals surface area contributed by atoms with Crippen molar-refractivity contribution in [2.24, 2.45) is 0 Å². The van der Waals surface area contributed by atoms with Crippen molar-refractivity contribution in [3.05, 3.63) is 58.3 Å². The molecule has 1 aromatic carbocycles. The number of thiophene rings is 2. The molecule has 2 aromatic heterocycles. The normalized spacial score (nSPS) is 10.4. The Hall–Kier alpha value is -2.97. The summed E-state index contributed by atoms with van der Waals surface area (Å²) in [6, 6.07) is 11.1. The molecule has 0 bridgehead atoms. The third-order valence-corrected chi connectivity index (χ3v) is 5.62. The first-order chi connectivity index (χ1) is 13.5. The second-order valence-electron chi connectivity index (χ2n) is 5.95. The van der Waals surface area contributed by atoms with Gasteiger partial charge in [-0.3, -0.25) is 9.59 Å². The largest absolute Gasteiger partial charge is 0.452 e. The van der Waals surface area contributed by atoms with Crippen LogP contribution in [0.4, 0.5) is 10.7 Å². The van der Waals surface area contributed by atoms with Crippen molar-refractivity contribution in [2.75, 3.05) is 17.2 Å². The quantitative estimate of drug-likeness (QED) is 0.580. The SMILES string of the molecule is CC(=O)Nc1scc(-c2cccs2)c1C(=O)OCC(=O)Nc1ccccc1C. The molecule has 0 fully saturated rings. The molecule has 0 aliphatic heterocycles. The van der Waals surface area contributed by atoms with Crippen molar-refractivity contribution in [2.45, 2.75) is 13.8 Å². The predicted octanol–water partition coefficient (Wildman–Crippen LogP) is 4.54. The van der Waals surface area contributed by atoms with Crippen LogP contribution in [0.15, 0.2) is 47.2 Å². The van der Waals surface area contributed by atoms with Crippen LogP contribution in [0.5, 0.6) is 0 Å². The van der Waals surface area contributed by atoms with Gasteiger partial charge in [0.1, 0.15) is 10.6 Å². The van der Waals surface area contributed by atoms with Crippen molar-refractivity contribution in [1.29, 1.82) is 0 Å². The Morgan fingerprint density at radius 1 is 1.04 bits per heavy atom. The monoisotopic (exact) mass is 414 g/mol. The summed E-state index contributed by atoms with van der Waals surface area (Å²) in [4.78, 5) is 37.2. The van der Waals surface area contributed by atoms with Gasteiger partial charge in [-0.15, -0.1) is 22.7 Å². The second-order valence-corrected chi connectivity index (χ2v) is 7.78. The molecule has 0 aliphatic rings. The number of hydrogen-bond donors (Lipinski definition) is 2. The first-order valence-corrected chi connectivity index (χ1v) is 10.2. The van der Waals surface area contributed by atoms with E-state index >= 15 is 0 Å². The standard InChI is InChI=1S/C20H18N2O4S2/c1-12-6-3-4-7-15(12)22-17(24)10-26-20(25)18-14(16-8-5-9-27-16)11-28-19(18)21-13(2)23/h3-9,11H,10H2,1-2H3,(H,21,23)(H,22,24). The summed E-state index contributed by atoms with van der Waals surface area (Å²) in [6.07, 6.45) is 0. The molecule has 0 aliphatic carbocycles. The number of ether oxygens (including phenoxy) is 1. The van der Waals surface area contributed by atoms with Crippen LogP contribution >= 0.6 is 22.7 Å². The fourth-order valence-electron chi connectivity index (χ4n) is 2.53. The maximum Gasteiger partial charge on any atom is 0.342 e. The van der Waals surface area contributed by atoms with Crippen LogP contribution < -0.4 is 10.6 Å². The van der Waals surface area contributed by atoms with Gasteiger partial charge in [-0.05, 0) is 30.0 Å². The van der Waals surface area contributed by atoms with Crippen molar-refractivity contribution >= 4 is 51.1 Å². The van der Waals surface area contributed by atoms with Gasteiger partial charge in [-0.25, -0.2) is 4.79 Å². The van der Waals surface area contributed by atoms with E-state index in [1.807, 2.05) is 42.6 Å². The molecule has 6 nitrogen and oxygen atoms in total. The van der Waals surface area contributed by atoms with E-state index in [-0.39, 0.29) is 11.5 Å². The lowest BCUT2D eigenvalue weighted by Crippen LogP contribution is -2.22. The fraction of sp³-hybridized carbons (Fsp3) is 0.150. The van der Waals surface area contributed by atoms with E-state index in [0.29, 0.717) is 16.3 Å². The van der Waals surface area contributed by atoms with Gasteiger partial charge in [0.15, 0.2) is 6.61 Å². The highest BCUT2D eigenvalue weighted by molar-refractivity contribution is 7.17. The lowest BCUT2D eigenvalue weighted by Gasteiger charge is -2.10. The zero-order valence-electron chi connectivity index (χ0n) is 15.3. The number of carbonyl (C=O) groups is 3. The van der Waals surface area contributed by atoms with Gasteiger partial charge in [-0.2, -0.15) is 0 Å². The highest BCUT2D eigenvalue weighted by Crippen LogP contribution is 2.38.